The minimum atomic E-state index is -2.79. The van der Waals surface area contributed by atoms with Gasteiger partial charge in [-0.3, -0.25) is 0 Å². The molecule has 1 aliphatic rings. The second-order valence-electron chi connectivity index (χ2n) is 4.18. The molecular formula is C12H16F2N2O. The van der Waals surface area contributed by atoms with Crippen LogP contribution in [0.1, 0.15) is 6.42 Å². The van der Waals surface area contributed by atoms with E-state index in [2.05, 4.69) is 9.64 Å². The summed E-state index contributed by atoms with van der Waals surface area (Å²) in [5.41, 5.74) is 6.34. The zero-order chi connectivity index (χ0) is 12.3. The summed E-state index contributed by atoms with van der Waals surface area (Å²) in [6.07, 6.45) is 1.000. The first-order chi connectivity index (χ1) is 8.20. The summed E-state index contributed by atoms with van der Waals surface area (Å²) < 4.78 is 29.1. The van der Waals surface area contributed by atoms with Gasteiger partial charge in [-0.2, -0.15) is 8.78 Å². The van der Waals surface area contributed by atoms with Crippen molar-refractivity contribution < 1.29 is 13.5 Å². The van der Waals surface area contributed by atoms with Gasteiger partial charge in [0.05, 0.1) is 5.69 Å². The number of benzene rings is 1. The van der Waals surface area contributed by atoms with Gasteiger partial charge in [0.2, 0.25) is 0 Å². The largest absolute Gasteiger partial charge is 0.433 e. The van der Waals surface area contributed by atoms with Crippen LogP contribution in [0.2, 0.25) is 0 Å². The monoisotopic (exact) mass is 242 g/mol. The molecule has 94 valence electrons. The number of para-hydroxylation sites is 2. The van der Waals surface area contributed by atoms with Crippen LogP contribution in [0.3, 0.4) is 0 Å². The van der Waals surface area contributed by atoms with Gasteiger partial charge in [-0.05, 0) is 31.0 Å². The second kappa shape index (κ2) is 5.31. The van der Waals surface area contributed by atoms with Gasteiger partial charge in [0.25, 0.3) is 0 Å². The molecule has 3 nitrogen and oxygen atoms in total. The van der Waals surface area contributed by atoms with Crippen molar-refractivity contribution >= 4 is 5.69 Å². The molecule has 2 N–H and O–H groups in total. The predicted molar refractivity (Wildman–Crippen MR) is 62.4 cm³/mol. The summed E-state index contributed by atoms with van der Waals surface area (Å²) in [5, 5.41) is 0. The van der Waals surface area contributed by atoms with E-state index in [1.54, 1.807) is 18.2 Å². The quantitative estimate of drug-likeness (QED) is 0.878. The zero-order valence-electron chi connectivity index (χ0n) is 9.48. The molecule has 0 amide bonds. The Bertz CT molecular complexity index is 373. The first-order valence-electron chi connectivity index (χ1n) is 5.69. The Balaban J connectivity index is 2.14. The van der Waals surface area contributed by atoms with Gasteiger partial charge in [-0.25, -0.2) is 0 Å². The van der Waals surface area contributed by atoms with E-state index in [0.717, 1.165) is 25.2 Å². The van der Waals surface area contributed by atoms with Crippen molar-refractivity contribution in [1.29, 1.82) is 0 Å². The van der Waals surface area contributed by atoms with Crippen molar-refractivity contribution in [2.75, 3.05) is 24.5 Å². The zero-order valence-corrected chi connectivity index (χ0v) is 9.48. The molecule has 1 saturated heterocycles. The maximum absolute atomic E-state index is 12.3. The molecule has 0 bridgehead atoms. The van der Waals surface area contributed by atoms with Crippen LogP contribution in [-0.4, -0.2) is 26.2 Å². The van der Waals surface area contributed by atoms with Crippen molar-refractivity contribution in [3.05, 3.63) is 24.3 Å². The van der Waals surface area contributed by atoms with Crippen LogP contribution in [0.15, 0.2) is 24.3 Å². The van der Waals surface area contributed by atoms with Crippen LogP contribution >= 0.6 is 0 Å². The molecule has 0 aliphatic carbocycles. The molecule has 1 unspecified atom stereocenters. The lowest BCUT2D eigenvalue weighted by Gasteiger charge is -2.21. The number of nitrogens with zero attached hydrogens (tertiary/aromatic N) is 1. The highest BCUT2D eigenvalue weighted by Crippen LogP contribution is 2.32. The van der Waals surface area contributed by atoms with Gasteiger partial charge in [-0.1, -0.05) is 12.1 Å². The van der Waals surface area contributed by atoms with E-state index in [0.29, 0.717) is 12.5 Å². The Labute approximate surface area is 99.2 Å². The average Bonchev–Trinajstić information content (AvgIpc) is 2.77. The molecular weight excluding hydrogens is 226 g/mol. The number of rotatable bonds is 4. The highest BCUT2D eigenvalue weighted by Gasteiger charge is 2.24. The maximum Gasteiger partial charge on any atom is 0.387 e. The van der Waals surface area contributed by atoms with Gasteiger partial charge in [0, 0.05) is 13.1 Å². The molecule has 1 fully saturated rings. The highest BCUT2D eigenvalue weighted by molar-refractivity contribution is 5.59. The smallest absolute Gasteiger partial charge is 0.387 e. The van der Waals surface area contributed by atoms with Crippen molar-refractivity contribution in [2.24, 2.45) is 11.7 Å². The third-order valence-electron chi connectivity index (χ3n) is 3.04. The first kappa shape index (κ1) is 12.1. The standard InChI is InChI=1S/C12H16F2N2O/c13-12(14)17-11-4-2-1-3-10(11)16-6-5-9(7-15)8-16/h1-4,9,12H,5-8,15H2. The van der Waals surface area contributed by atoms with Crippen molar-refractivity contribution in [2.45, 2.75) is 13.0 Å². The van der Waals surface area contributed by atoms with Crippen molar-refractivity contribution in [3.8, 4) is 5.75 Å². The third-order valence-corrected chi connectivity index (χ3v) is 3.04. The summed E-state index contributed by atoms with van der Waals surface area (Å²) in [6.45, 7) is -0.510. The minimum Gasteiger partial charge on any atom is -0.433 e. The number of nitrogens with two attached hydrogens (primary N) is 1. The number of hydrogen-bond donors (Lipinski definition) is 1. The van der Waals surface area contributed by atoms with Gasteiger partial charge in [0.15, 0.2) is 0 Å². The van der Waals surface area contributed by atoms with Crippen LogP contribution in [0, 0.1) is 5.92 Å². The van der Waals surface area contributed by atoms with Crippen LogP contribution in [0.5, 0.6) is 5.75 Å². The minimum absolute atomic E-state index is 0.236. The molecule has 2 rings (SSSR count). The van der Waals surface area contributed by atoms with Crippen molar-refractivity contribution in [1.82, 2.24) is 0 Å². The van der Waals surface area contributed by atoms with E-state index in [1.807, 2.05) is 6.07 Å². The number of alkyl halides is 2. The number of halogens is 2. The fraction of sp³-hybridized carbons (Fsp3) is 0.500. The average molecular weight is 242 g/mol. The van der Waals surface area contributed by atoms with Crippen LogP contribution in [-0.2, 0) is 0 Å². The van der Waals surface area contributed by atoms with Crippen LogP contribution in [0.25, 0.3) is 0 Å². The van der Waals surface area contributed by atoms with Crippen molar-refractivity contribution in [3.63, 3.8) is 0 Å². The van der Waals surface area contributed by atoms with Gasteiger partial charge in [-0.15, -0.1) is 0 Å². The fourth-order valence-electron chi connectivity index (χ4n) is 2.16. The molecule has 0 radical (unpaired) electrons. The molecule has 0 spiro atoms. The van der Waals surface area contributed by atoms with Crippen LogP contribution < -0.4 is 15.4 Å². The van der Waals surface area contributed by atoms with E-state index in [-0.39, 0.29) is 5.75 Å². The SMILES string of the molecule is NCC1CCN(c2ccccc2OC(F)F)C1. The van der Waals surface area contributed by atoms with Crippen LogP contribution in [0.4, 0.5) is 14.5 Å². The Hall–Kier alpha value is -1.36. The number of ether oxygens (including phenoxy) is 1. The van der Waals surface area contributed by atoms with E-state index >= 15 is 0 Å². The Morgan fingerprint density at radius 1 is 1.41 bits per heavy atom. The summed E-state index contributed by atoms with van der Waals surface area (Å²) in [5.74, 6) is 0.676. The molecule has 1 heterocycles. The molecule has 1 aromatic rings. The number of anilines is 1. The van der Waals surface area contributed by atoms with E-state index < -0.39 is 6.61 Å². The maximum atomic E-state index is 12.3. The Kier molecular flexibility index (Phi) is 3.78. The molecule has 1 atom stereocenters. The van der Waals surface area contributed by atoms with E-state index in [1.165, 1.54) is 0 Å². The predicted octanol–water partition coefficient (Wildman–Crippen LogP) is 2.07. The topological polar surface area (TPSA) is 38.5 Å². The Morgan fingerprint density at radius 3 is 2.82 bits per heavy atom. The van der Waals surface area contributed by atoms with Gasteiger partial charge in [0.1, 0.15) is 5.75 Å². The summed E-state index contributed by atoms with van der Waals surface area (Å²) in [7, 11) is 0. The lowest BCUT2D eigenvalue weighted by atomic mass is 10.1. The highest BCUT2D eigenvalue weighted by atomic mass is 19.3. The lowest BCUT2D eigenvalue weighted by molar-refractivity contribution is -0.0495. The molecule has 5 heteroatoms. The van der Waals surface area contributed by atoms with Gasteiger partial charge >= 0.3 is 6.61 Å². The molecule has 1 aromatic carbocycles. The lowest BCUT2D eigenvalue weighted by Crippen LogP contribution is -2.23. The van der Waals surface area contributed by atoms with E-state index in [4.69, 9.17) is 5.73 Å². The Morgan fingerprint density at radius 2 is 2.18 bits per heavy atom. The fourth-order valence-corrected chi connectivity index (χ4v) is 2.16. The number of hydrogen-bond acceptors (Lipinski definition) is 3. The third kappa shape index (κ3) is 2.85. The molecule has 1 aliphatic heterocycles. The summed E-state index contributed by atoms with van der Waals surface area (Å²) in [4.78, 5) is 2.05. The normalized spacial score (nSPS) is 20.0. The second-order valence-corrected chi connectivity index (χ2v) is 4.18. The van der Waals surface area contributed by atoms with Gasteiger partial charge < -0.3 is 15.4 Å². The molecule has 0 aromatic heterocycles. The first-order valence-corrected chi connectivity index (χ1v) is 5.69. The molecule has 17 heavy (non-hydrogen) atoms. The molecule has 0 saturated carbocycles. The summed E-state index contributed by atoms with van der Waals surface area (Å²) >= 11 is 0. The van der Waals surface area contributed by atoms with E-state index in [9.17, 15) is 8.78 Å². The summed E-state index contributed by atoms with van der Waals surface area (Å²) in [6, 6.07) is 6.88.